The molecule has 2 fully saturated rings. The van der Waals surface area contributed by atoms with Crippen LogP contribution in [0.2, 0.25) is 0 Å². The minimum atomic E-state index is -0.477. The molecule has 1 aromatic rings. The van der Waals surface area contributed by atoms with Crippen molar-refractivity contribution >= 4 is 11.8 Å². The van der Waals surface area contributed by atoms with Gasteiger partial charge in [0.05, 0.1) is 13.2 Å². The van der Waals surface area contributed by atoms with Gasteiger partial charge in [0.15, 0.2) is 0 Å². The fraction of sp³-hybridized carbons (Fsp3) is 0.684. The Kier molecular flexibility index (Phi) is 5.91. The number of nitrogens with one attached hydrogen (secondary N) is 1. The SMILES string of the molecule is COC(=O)c1cccnc1N1CCC(NC2CCCCC2C)C(O)C1. The van der Waals surface area contributed by atoms with Gasteiger partial charge in [-0.3, -0.25) is 0 Å². The van der Waals surface area contributed by atoms with Crippen molar-refractivity contribution in [1.29, 1.82) is 0 Å². The van der Waals surface area contributed by atoms with E-state index in [1.165, 1.54) is 32.8 Å². The lowest BCUT2D eigenvalue weighted by Crippen LogP contribution is -2.56. The third kappa shape index (κ3) is 4.12. The lowest BCUT2D eigenvalue weighted by Gasteiger charge is -2.41. The molecule has 0 radical (unpaired) electrons. The van der Waals surface area contributed by atoms with Gasteiger partial charge in [0.2, 0.25) is 0 Å². The van der Waals surface area contributed by atoms with E-state index in [1.807, 2.05) is 4.90 Å². The average Bonchev–Trinajstić information content (AvgIpc) is 2.64. The van der Waals surface area contributed by atoms with Crippen molar-refractivity contribution in [2.24, 2.45) is 5.92 Å². The zero-order chi connectivity index (χ0) is 17.8. The molecule has 0 aromatic carbocycles. The van der Waals surface area contributed by atoms with Crippen LogP contribution in [0.25, 0.3) is 0 Å². The molecule has 4 unspecified atom stereocenters. The van der Waals surface area contributed by atoms with Crippen LogP contribution in [-0.4, -0.2) is 54.4 Å². The van der Waals surface area contributed by atoms with Gasteiger partial charge in [-0.15, -0.1) is 0 Å². The number of pyridine rings is 1. The van der Waals surface area contributed by atoms with Crippen LogP contribution in [0.5, 0.6) is 0 Å². The summed E-state index contributed by atoms with van der Waals surface area (Å²) in [5, 5.41) is 14.3. The van der Waals surface area contributed by atoms with Crippen molar-refractivity contribution in [3.63, 3.8) is 0 Å². The molecule has 1 saturated heterocycles. The molecule has 0 spiro atoms. The fourth-order valence-corrected chi connectivity index (χ4v) is 4.08. The standard InChI is InChI=1S/C19H29N3O3/c1-13-6-3-4-8-15(13)21-16-9-11-22(12-17(16)23)18-14(19(24)25-2)7-5-10-20-18/h5,7,10,13,15-17,21,23H,3-4,6,8-9,11-12H2,1-2H3. The zero-order valence-electron chi connectivity index (χ0n) is 15.1. The first-order chi connectivity index (χ1) is 12.1. The van der Waals surface area contributed by atoms with E-state index in [-0.39, 0.29) is 6.04 Å². The largest absolute Gasteiger partial charge is 0.465 e. The van der Waals surface area contributed by atoms with Crippen LogP contribution < -0.4 is 10.2 Å². The second-order valence-electron chi connectivity index (χ2n) is 7.31. The number of ether oxygens (including phenoxy) is 1. The van der Waals surface area contributed by atoms with E-state index in [9.17, 15) is 9.90 Å². The van der Waals surface area contributed by atoms with Gasteiger partial charge in [0, 0.05) is 31.4 Å². The number of methoxy groups -OCH3 is 1. The molecule has 25 heavy (non-hydrogen) atoms. The number of hydrogen-bond acceptors (Lipinski definition) is 6. The summed E-state index contributed by atoms with van der Waals surface area (Å²) in [6.07, 6.45) is 7.08. The molecule has 2 heterocycles. The number of piperidine rings is 1. The lowest BCUT2D eigenvalue weighted by atomic mass is 9.84. The topological polar surface area (TPSA) is 74.7 Å². The molecule has 138 valence electrons. The van der Waals surface area contributed by atoms with Crippen molar-refractivity contribution in [2.45, 2.75) is 57.2 Å². The van der Waals surface area contributed by atoms with Gasteiger partial charge in [-0.25, -0.2) is 9.78 Å². The average molecular weight is 347 g/mol. The maximum Gasteiger partial charge on any atom is 0.341 e. The van der Waals surface area contributed by atoms with E-state index >= 15 is 0 Å². The number of anilines is 1. The molecule has 1 aliphatic heterocycles. The predicted octanol–water partition coefficient (Wildman–Crippen LogP) is 1.98. The Morgan fingerprint density at radius 2 is 2.12 bits per heavy atom. The predicted molar refractivity (Wildman–Crippen MR) is 96.8 cm³/mol. The number of aromatic nitrogens is 1. The Bertz CT molecular complexity index is 595. The number of β-amino-alcohol motifs (C(OH)–C–C–N with tert-alkyl or cyclic N) is 1. The van der Waals surface area contributed by atoms with Gasteiger partial charge in [-0.2, -0.15) is 0 Å². The van der Waals surface area contributed by atoms with Crippen molar-refractivity contribution in [3.8, 4) is 0 Å². The van der Waals surface area contributed by atoms with Crippen LogP contribution in [0.3, 0.4) is 0 Å². The van der Waals surface area contributed by atoms with Crippen LogP contribution in [0.1, 0.15) is 49.4 Å². The van der Waals surface area contributed by atoms with Gasteiger partial charge in [0.1, 0.15) is 11.4 Å². The van der Waals surface area contributed by atoms with Crippen molar-refractivity contribution in [3.05, 3.63) is 23.9 Å². The third-order valence-corrected chi connectivity index (χ3v) is 5.61. The summed E-state index contributed by atoms with van der Waals surface area (Å²) in [6.45, 7) is 3.53. The number of carbonyl (C=O) groups is 1. The number of esters is 1. The number of aliphatic hydroxyl groups is 1. The Morgan fingerprint density at radius 3 is 2.84 bits per heavy atom. The number of carbonyl (C=O) groups excluding carboxylic acids is 1. The number of nitrogens with zero attached hydrogens (tertiary/aromatic N) is 2. The van der Waals surface area contributed by atoms with E-state index in [0.717, 1.165) is 13.0 Å². The first-order valence-electron chi connectivity index (χ1n) is 9.32. The zero-order valence-corrected chi connectivity index (χ0v) is 15.1. The highest BCUT2D eigenvalue weighted by Gasteiger charge is 2.33. The van der Waals surface area contributed by atoms with Gasteiger partial charge < -0.3 is 20.1 Å². The first-order valence-corrected chi connectivity index (χ1v) is 9.32. The molecule has 0 amide bonds. The highest BCUT2D eigenvalue weighted by Crippen LogP contribution is 2.27. The summed E-state index contributed by atoms with van der Waals surface area (Å²) >= 11 is 0. The van der Waals surface area contributed by atoms with Crippen LogP contribution in [0.4, 0.5) is 5.82 Å². The Hall–Kier alpha value is -1.66. The van der Waals surface area contributed by atoms with Crippen molar-refractivity contribution in [2.75, 3.05) is 25.1 Å². The lowest BCUT2D eigenvalue weighted by molar-refractivity contribution is 0.0599. The molecule has 6 nitrogen and oxygen atoms in total. The highest BCUT2D eigenvalue weighted by molar-refractivity contribution is 5.94. The minimum absolute atomic E-state index is 0.104. The highest BCUT2D eigenvalue weighted by atomic mass is 16.5. The monoisotopic (exact) mass is 347 g/mol. The van der Waals surface area contributed by atoms with E-state index in [2.05, 4.69) is 17.2 Å². The molecule has 4 atom stereocenters. The molecular formula is C19H29N3O3. The van der Waals surface area contributed by atoms with E-state index in [1.54, 1.807) is 18.3 Å². The number of aliphatic hydroxyl groups excluding tert-OH is 1. The summed E-state index contributed by atoms with van der Waals surface area (Å²) in [6, 6.07) is 4.05. The Labute approximate surface area is 149 Å². The quantitative estimate of drug-likeness (QED) is 0.811. The van der Waals surface area contributed by atoms with Gasteiger partial charge in [0.25, 0.3) is 0 Å². The maximum absolute atomic E-state index is 12.0. The third-order valence-electron chi connectivity index (χ3n) is 5.61. The van der Waals surface area contributed by atoms with Gasteiger partial charge in [-0.05, 0) is 37.3 Å². The van der Waals surface area contributed by atoms with E-state index < -0.39 is 12.1 Å². The van der Waals surface area contributed by atoms with Crippen LogP contribution >= 0.6 is 0 Å². The molecule has 1 aliphatic carbocycles. The Balaban J connectivity index is 1.65. The number of rotatable bonds is 4. The van der Waals surface area contributed by atoms with Crippen LogP contribution in [-0.2, 0) is 4.74 Å². The molecule has 2 aliphatic rings. The van der Waals surface area contributed by atoms with Crippen molar-refractivity contribution in [1.82, 2.24) is 10.3 Å². The summed E-state index contributed by atoms with van der Waals surface area (Å²) in [7, 11) is 1.37. The Morgan fingerprint density at radius 1 is 1.32 bits per heavy atom. The summed E-state index contributed by atoms with van der Waals surface area (Å²) in [4.78, 5) is 18.3. The smallest absolute Gasteiger partial charge is 0.341 e. The van der Waals surface area contributed by atoms with E-state index in [0.29, 0.717) is 29.9 Å². The number of hydrogen-bond donors (Lipinski definition) is 2. The second kappa shape index (κ2) is 8.15. The first kappa shape index (κ1) is 18.1. The van der Waals surface area contributed by atoms with Crippen molar-refractivity contribution < 1.29 is 14.6 Å². The molecule has 0 bridgehead atoms. The fourth-order valence-electron chi connectivity index (χ4n) is 4.08. The normalized spacial score (nSPS) is 30.1. The minimum Gasteiger partial charge on any atom is -0.465 e. The molecule has 6 heteroatoms. The molecule has 1 aromatic heterocycles. The molecular weight excluding hydrogens is 318 g/mol. The van der Waals surface area contributed by atoms with Gasteiger partial charge in [-0.1, -0.05) is 19.8 Å². The van der Waals surface area contributed by atoms with E-state index in [4.69, 9.17) is 4.74 Å². The summed E-state index contributed by atoms with van der Waals surface area (Å²) in [5.41, 5.74) is 0.449. The maximum atomic E-state index is 12.0. The van der Waals surface area contributed by atoms with Gasteiger partial charge >= 0.3 is 5.97 Å². The summed E-state index contributed by atoms with van der Waals surface area (Å²) in [5.74, 6) is 0.868. The summed E-state index contributed by atoms with van der Waals surface area (Å²) < 4.78 is 4.85. The second-order valence-corrected chi connectivity index (χ2v) is 7.31. The molecule has 2 N–H and O–H groups in total. The molecule has 1 saturated carbocycles. The van der Waals surface area contributed by atoms with Crippen LogP contribution in [0.15, 0.2) is 18.3 Å². The van der Waals surface area contributed by atoms with Crippen LogP contribution in [0, 0.1) is 5.92 Å². The molecule has 3 rings (SSSR count).